The zero-order chi connectivity index (χ0) is 10.4. The van der Waals surface area contributed by atoms with Gasteiger partial charge in [-0.05, 0) is 5.56 Å². The van der Waals surface area contributed by atoms with Crippen LogP contribution in [-0.4, -0.2) is 23.5 Å². The Bertz CT molecular complexity index is 287. The molecule has 1 aromatic carbocycles. The van der Waals surface area contributed by atoms with Crippen molar-refractivity contribution in [1.29, 1.82) is 0 Å². The molecule has 0 unspecified atom stereocenters. The van der Waals surface area contributed by atoms with Crippen molar-refractivity contribution in [2.45, 2.75) is 6.61 Å². The van der Waals surface area contributed by atoms with Gasteiger partial charge >= 0.3 is 13.5 Å². The second-order valence-electron chi connectivity index (χ2n) is 2.47. The molecule has 0 aliphatic rings. The van der Waals surface area contributed by atoms with Gasteiger partial charge in [0.05, 0.1) is 0 Å². The molecule has 6 heteroatoms. The van der Waals surface area contributed by atoms with Crippen LogP contribution in [0.1, 0.15) is 5.56 Å². The maximum atomic E-state index is 10.7. The molecule has 0 bridgehead atoms. The molecule has 0 aromatic heterocycles. The fourth-order valence-corrected chi connectivity index (χ4v) is 0.837. The van der Waals surface area contributed by atoms with Crippen molar-refractivity contribution in [3.63, 3.8) is 0 Å². The minimum Gasteiger partial charge on any atom is -0.452 e. The number of rotatable bonds is 3. The van der Waals surface area contributed by atoms with Gasteiger partial charge in [0, 0.05) is 0 Å². The van der Waals surface area contributed by atoms with Crippen molar-refractivity contribution in [3.8, 4) is 0 Å². The van der Waals surface area contributed by atoms with Crippen molar-refractivity contribution in [2.24, 2.45) is 0 Å². The van der Waals surface area contributed by atoms with E-state index in [1.54, 1.807) is 24.3 Å². The van der Waals surface area contributed by atoms with Crippen LogP contribution in [0.5, 0.6) is 0 Å². The molecule has 0 amide bonds. The van der Waals surface area contributed by atoms with E-state index in [4.69, 9.17) is 10.0 Å². The SMILES string of the molecule is O=C(OCc1ccccc1)OB(O)O. The fraction of sp³-hybridized carbons (Fsp3) is 0.125. The molecule has 1 aromatic rings. The smallest absolute Gasteiger partial charge is 0.452 e. The van der Waals surface area contributed by atoms with Crippen molar-refractivity contribution in [1.82, 2.24) is 0 Å². The average Bonchev–Trinajstić information content (AvgIpc) is 2.15. The van der Waals surface area contributed by atoms with E-state index in [1.165, 1.54) is 0 Å². The van der Waals surface area contributed by atoms with E-state index in [0.29, 0.717) is 0 Å². The molecule has 0 radical (unpaired) electrons. The van der Waals surface area contributed by atoms with Gasteiger partial charge in [0.2, 0.25) is 0 Å². The van der Waals surface area contributed by atoms with Crippen LogP contribution >= 0.6 is 0 Å². The molecule has 0 aliphatic heterocycles. The van der Waals surface area contributed by atoms with E-state index in [1.807, 2.05) is 6.07 Å². The molecule has 2 N–H and O–H groups in total. The molecule has 0 aliphatic carbocycles. The van der Waals surface area contributed by atoms with E-state index in [-0.39, 0.29) is 6.61 Å². The summed E-state index contributed by atoms with van der Waals surface area (Å²) < 4.78 is 8.48. The predicted molar refractivity (Wildman–Crippen MR) is 47.9 cm³/mol. The molecule has 0 spiro atoms. The summed E-state index contributed by atoms with van der Waals surface area (Å²) in [4.78, 5) is 10.7. The van der Waals surface area contributed by atoms with Gasteiger partial charge < -0.3 is 19.4 Å². The van der Waals surface area contributed by atoms with Crippen LogP contribution < -0.4 is 0 Å². The molecule has 0 saturated carbocycles. The van der Waals surface area contributed by atoms with E-state index in [0.717, 1.165) is 5.56 Å². The highest BCUT2D eigenvalue weighted by Crippen LogP contribution is 2.01. The summed E-state index contributed by atoms with van der Waals surface area (Å²) in [7, 11) is -2.14. The summed E-state index contributed by atoms with van der Waals surface area (Å²) in [6, 6.07) is 8.96. The van der Waals surface area contributed by atoms with Crippen molar-refractivity contribution >= 4 is 13.5 Å². The standard InChI is InChI=1S/C8H9BO5/c10-8(14-9(11)12)13-6-7-4-2-1-3-5-7/h1-5,11-12H,6H2. The Morgan fingerprint density at radius 1 is 1.29 bits per heavy atom. The summed E-state index contributed by atoms with van der Waals surface area (Å²) in [5.74, 6) is 0. The number of carbonyl (C=O) groups is 1. The molecule has 14 heavy (non-hydrogen) atoms. The second kappa shape index (κ2) is 5.26. The number of hydrogen-bond acceptors (Lipinski definition) is 5. The lowest BCUT2D eigenvalue weighted by Gasteiger charge is -2.04. The predicted octanol–water partition coefficient (Wildman–Crippen LogP) is 0.309. The van der Waals surface area contributed by atoms with Crippen LogP contribution in [0.2, 0.25) is 0 Å². The first-order valence-electron chi connectivity index (χ1n) is 3.92. The zero-order valence-corrected chi connectivity index (χ0v) is 7.29. The van der Waals surface area contributed by atoms with Gasteiger partial charge in [0.25, 0.3) is 0 Å². The van der Waals surface area contributed by atoms with E-state index in [2.05, 4.69) is 9.39 Å². The van der Waals surface area contributed by atoms with Gasteiger partial charge in [-0.3, -0.25) is 0 Å². The highest BCUT2D eigenvalue weighted by molar-refractivity contribution is 6.35. The Labute approximate surface area is 81.1 Å². The highest BCUT2D eigenvalue weighted by Gasteiger charge is 2.16. The summed E-state index contributed by atoms with van der Waals surface area (Å²) in [6.07, 6.45) is -1.12. The summed E-state index contributed by atoms with van der Waals surface area (Å²) in [6.45, 7) is 0.0341. The normalized spacial score (nSPS) is 9.29. The molecule has 0 saturated heterocycles. The van der Waals surface area contributed by atoms with Gasteiger partial charge in [-0.2, -0.15) is 0 Å². The van der Waals surface area contributed by atoms with E-state index < -0.39 is 13.5 Å². The Morgan fingerprint density at radius 2 is 1.93 bits per heavy atom. The fourth-order valence-electron chi connectivity index (χ4n) is 0.837. The Kier molecular flexibility index (Phi) is 3.96. The zero-order valence-electron chi connectivity index (χ0n) is 7.29. The Morgan fingerprint density at radius 3 is 2.50 bits per heavy atom. The third-order valence-electron chi connectivity index (χ3n) is 1.40. The lowest BCUT2D eigenvalue weighted by Crippen LogP contribution is -2.22. The molecule has 74 valence electrons. The first-order chi connectivity index (χ1) is 6.68. The van der Waals surface area contributed by atoms with Crippen LogP contribution in [0, 0.1) is 0 Å². The van der Waals surface area contributed by atoms with Crippen molar-refractivity contribution < 1.29 is 24.2 Å². The van der Waals surface area contributed by atoms with Gasteiger partial charge in [-0.1, -0.05) is 30.3 Å². The molecule has 1 rings (SSSR count). The monoisotopic (exact) mass is 196 g/mol. The first-order valence-corrected chi connectivity index (χ1v) is 3.92. The summed E-state index contributed by atoms with van der Waals surface area (Å²) in [5.41, 5.74) is 0.789. The van der Waals surface area contributed by atoms with Gasteiger partial charge in [0.1, 0.15) is 6.61 Å². The van der Waals surface area contributed by atoms with E-state index in [9.17, 15) is 4.79 Å². The largest absolute Gasteiger partial charge is 0.711 e. The van der Waals surface area contributed by atoms with Crippen LogP contribution in [0.25, 0.3) is 0 Å². The molecular formula is C8H9BO5. The second-order valence-corrected chi connectivity index (χ2v) is 2.47. The van der Waals surface area contributed by atoms with Crippen LogP contribution in [0.3, 0.4) is 0 Å². The maximum Gasteiger partial charge on any atom is 0.711 e. The van der Waals surface area contributed by atoms with Gasteiger partial charge in [0.15, 0.2) is 0 Å². The van der Waals surface area contributed by atoms with Crippen LogP contribution in [0.4, 0.5) is 4.79 Å². The molecule has 0 fully saturated rings. The molecule has 0 atom stereocenters. The topological polar surface area (TPSA) is 76.0 Å². The van der Waals surface area contributed by atoms with Crippen LogP contribution in [-0.2, 0) is 16.0 Å². The van der Waals surface area contributed by atoms with Crippen molar-refractivity contribution in [3.05, 3.63) is 35.9 Å². The van der Waals surface area contributed by atoms with Crippen LogP contribution in [0.15, 0.2) is 30.3 Å². The quantitative estimate of drug-likeness (QED) is 0.537. The van der Waals surface area contributed by atoms with E-state index >= 15 is 0 Å². The lowest BCUT2D eigenvalue weighted by molar-refractivity contribution is 0.0750. The lowest BCUT2D eigenvalue weighted by atomic mass is 10.2. The summed E-state index contributed by atoms with van der Waals surface area (Å²) in [5, 5.41) is 16.5. The number of benzene rings is 1. The number of hydrogen-bond donors (Lipinski definition) is 2. The maximum absolute atomic E-state index is 10.7. The number of ether oxygens (including phenoxy) is 1. The highest BCUT2D eigenvalue weighted by atomic mass is 16.8. The minimum atomic E-state index is -2.14. The minimum absolute atomic E-state index is 0.0341. The summed E-state index contributed by atoms with van der Waals surface area (Å²) >= 11 is 0. The molecular weight excluding hydrogens is 187 g/mol. The Balaban J connectivity index is 2.31. The Hall–Kier alpha value is -1.53. The first kappa shape index (κ1) is 10.6. The van der Waals surface area contributed by atoms with Gasteiger partial charge in [-0.25, -0.2) is 4.79 Å². The molecule has 5 nitrogen and oxygen atoms in total. The third-order valence-corrected chi connectivity index (χ3v) is 1.40. The van der Waals surface area contributed by atoms with Crippen molar-refractivity contribution in [2.75, 3.05) is 0 Å². The average molecular weight is 196 g/mol. The number of carbonyl (C=O) groups excluding carboxylic acids is 1. The molecule has 0 heterocycles. The third kappa shape index (κ3) is 3.93. The van der Waals surface area contributed by atoms with Gasteiger partial charge in [-0.15, -0.1) is 0 Å².